The van der Waals surface area contributed by atoms with Crippen LogP contribution in [-0.2, 0) is 17.6 Å². The monoisotopic (exact) mass is 560 g/mol. The van der Waals surface area contributed by atoms with Crippen LogP contribution < -0.4 is 25.8 Å². The van der Waals surface area contributed by atoms with E-state index in [1.807, 2.05) is 0 Å². The van der Waals surface area contributed by atoms with E-state index in [9.17, 15) is 27.5 Å². The van der Waals surface area contributed by atoms with E-state index in [4.69, 9.17) is 15.2 Å². The SMILES string of the molecule is COc1cc(C(=O)NCC(O)(c2cc3c(c(-c4ccc(F)cc4)n2)OC[C@@]3(C)N)C(F)(F)F)cc2c1NCCC2. The molecule has 5 rings (SSSR count). The smallest absolute Gasteiger partial charge is 0.424 e. The normalized spacial score (nSPS) is 19.5. The predicted molar refractivity (Wildman–Crippen MR) is 139 cm³/mol. The fourth-order valence-corrected chi connectivity index (χ4v) is 4.92. The number of halogens is 4. The zero-order valence-corrected chi connectivity index (χ0v) is 21.8. The molecule has 5 N–H and O–H groups in total. The Morgan fingerprint density at radius 2 is 1.98 bits per heavy atom. The number of hydrogen-bond acceptors (Lipinski definition) is 7. The van der Waals surface area contributed by atoms with Gasteiger partial charge in [-0.05, 0) is 67.8 Å². The molecule has 1 unspecified atom stereocenters. The van der Waals surface area contributed by atoms with E-state index in [0.717, 1.165) is 42.4 Å². The second-order valence-corrected chi connectivity index (χ2v) is 10.2. The summed E-state index contributed by atoms with van der Waals surface area (Å²) in [5, 5.41) is 16.6. The van der Waals surface area contributed by atoms with E-state index in [0.29, 0.717) is 12.2 Å². The molecule has 8 nitrogen and oxygen atoms in total. The predicted octanol–water partition coefficient (Wildman–Crippen LogP) is 4.00. The highest BCUT2D eigenvalue weighted by atomic mass is 19.4. The Labute approximate surface area is 227 Å². The van der Waals surface area contributed by atoms with Crippen LogP contribution in [0.25, 0.3) is 11.3 Å². The van der Waals surface area contributed by atoms with Crippen molar-refractivity contribution >= 4 is 11.6 Å². The van der Waals surface area contributed by atoms with Crippen molar-refractivity contribution < 1.29 is 36.9 Å². The van der Waals surface area contributed by atoms with Gasteiger partial charge in [0.1, 0.15) is 23.9 Å². The Morgan fingerprint density at radius 3 is 2.65 bits per heavy atom. The summed E-state index contributed by atoms with van der Waals surface area (Å²) in [5.41, 5.74) is 2.77. The minimum atomic E-state index is -5.25. The molecule has 3 aromatic rings. The number of hydrogen-bond donors (Lipinski definition) is 4. The van der Waals surface area contributed by atoms with Gasteiger partial charge in [-0.25, -0.2) is 9.37 Å². The number of alkyl halides is 3. The number of amides is 1. The number of pyridine rings is 1. The molecule has 2 aliphatic heterocycles. The fourth-order valence-electron chi connectivity index (χ4n) is 4.92. The maximum atomic E-state index is 14.5. The molecule has 1 aromatic heterocycles. The summed E-state index contributed by atoms with van der Waals surface area (Å²) >= 11 is 0. The first-order valence-electron chi connectivity index (χ1n) is 12.6. The molecule has 212 valence electrons. The lowest BCUT2D eigenvalue weighted by molar-refractivity contribution is -0.265. The number of nitrogens with two attached hydrogens (primary N) is 1. The van der Waals surface area contributed by atoms with Crippen LogP contribution in [0.15, 0.2) is 42.5 Å². The molecule has 1 amide bonds. The van der Waals surface area contributed by atoms with Gasteiger partial charge in [-0.1, -0.05) is 0 Å². The van der Waals surface area contributed by atoms with Gasteiger partial charge in [-0.15, -0.1) is 0 Å². The first-order valence-corrected chi connectivity index (χ1v) is 12.6. The molecule has 2 atom stereocenters. The summed E-state index contributed by atoms with van der Waals surface area (Å²) in [6, 6.07) is 8.99. The average molecular weight is 561 g/mol. The van der Waals surface area contributed by atoms with Crippen molar-refractivity contribution in [2.24, 2.45) is 5.73 Å². The van der Waals surface area contributed by atoms with Gasteiger partial charge in [0.2, 0.25) is 5.60 Å². The van der Waals surface area contributed by atoms with Crippen LogP contribution in [0.1, 0.15) is 40.5 Å². The number of aromatic nitrogens is 1. The first-order chi connectivity index (χ1) is 18.8. The van der Waals surface area contributed by atoms with Gasteiger partial charge < -0.3 is 30.9 Å². The second kappa shape index (κ2) is 9.93. The van der Waals surface area contributed by atoms with Crippen molar-refractivity contribution in [1.82, 2.24) is 10.3 Å². The molecule has 0 bridgehead atoms. The number of nitrogens with zero attached hydrogens (tertiary/aromatic N) is 1. The van der Waals surface area contributed by atoms with Gasteiger partial charge in [0, 0.05) is 23.2 Å². The maximum absolute atomic E-state index is 14.5. The number of rotatable bonds is 6. The lowest BCUT2D eigenvalue weighted by atomic mass is 9.89. The molecular formula is C28H28F4N4O4. The number of carbonyl (C=O) groups is 1. The van der Waals surface area contributed by atoms with Crippen LogP contribution in [-0.4, -0.2) is 49.0 Å². The fraction of sp³-hybridized carbons (Fsp3) is 0.357. The van der Waals surface area contributed by atoms with Crippen LogP contribution in [0.5, 0.6) is 11.5 Å². The molecule has 2 aromatic carbocycles. The summed E-state index contributed by atoms with van der Waals surface area (Å²) in [4.78, 5) is 17.2. The molecule has 0 saturated carbocycles. The number of methoxy groups -OCH3 is 1. The Kier molecular flexibility index (Phi) is 6.87. The van der Waals surface area contributed by atoms with Crippen molar-refractivity contribution in [3.05, 3.63) is 70.7 Å². The van der Waals surface area contributed by atoms with Gasteiger partial charge in [-0.2, -0.15) is 13.2 Å². The quantitative estimate of drug-likeness (QED) is 0.337. The van der Waals surface area contributed by atoms with Crippen LogP contribution >= 0.6 is 0 Å². The molecule has 0 radical (unpaired) electrons. The zero-order chi connectivity index (χ0) is 28.9. The van der Waals surface area contributed by atoms with Gasteiger partial charge in [0.25, 0.3) is 5.91 Å². The lowest BCUT2D eigenvalue weighted by Gasteiger charge is -2.31. The molecule has 0 aliphatic carbocycles. The highest BCUT2D eigenvalue weighted by Gasteiger charge is 2.57. The summed E-state index contributed by atoms with van der Waals surface area (Å²) in [5.74, 6) is -0.852. The number of benzene rings is 2. The zero-order valence-electron chi connectivity index (χ0n) is 21.8. The van der Waals surface area contributed by atoms with Gasteiger partial charge >= 0.3 is 6.18 Å². The molecule has 0 fully saturated rings. The molecular weight excluding hydrogens is 532 g/mol. The van der Waals surface area contributed by atoms with Crippen LogP contribution in [0.4, 0.5) is 23.2 Å². The van der Waals surface area contributed by atoms with E-state index >= 15 is 0 Å². The molecule has 3 heterocycles. The largest absolute Gasteiger partial charge is 0.495 e. The van der Waals surface area contributed by atoms with E-state index in [2.05, 4.69) is 15.6 Å². The maximum Gasteiger partial charge on any atom is 0.424 e. The highest BCUT2D eigenvalue weighted by Crippen LogP contribution is 2.46. The van der Waals surface area contributed by atoms with E-state index in [-0.39, 0.29) is 34.7 Å². The second-order valence-electron chi connectivity index (χ2n) is 10.2. The molecule has 0 saturated heterocycles. The number of nitrogens with one attached hydrogen (secondary N) is 2. The van der Waals surface area contributed by atoms with Crippen molar-refractivity contribution in [1.29, 1.82) is 0 Å². The number of ether oxygens (including phenoxy) is 2. The number of carbonyl (C=O) groups excluding carboxylic acids is 1. The minimum Gasteiger partial charge on any atom is -0.495 e. The van der Waals surface area contributed by atoms with Crippen LogP contribution in [0, 0.1) is 5.82 Å². The minimum absolute atomic E-state index is 0.0393. The van der Waals surface area contributed by atoms with Crippen molar-refractivity contribution in [2.75, 3.05) is 32.1 Å². The van der Waals surface area contributed by atoms with Gasteiger partial charge in [-0.3, -0.25) is 4.79 Å². The lowest BCUT2D eigenvalue weighted by Crippen LogP contribution is -2.51. The van der Waals surface area contributed by atoms with Crippen molar-refractivity contribution in [2.45, 2.75) is 37.1 Å². The standard InChI is InChI=1S/C28H28F4N4O4/c1-26(33)14-40-24-19(26)12-21(36-23(24)15-5-7-18(29)8-6-15)27(38,28(30,31)32)13-35-25(37)17-10-16-4-3-9-34-22(16)20(11-17)39-2/h5-8,10-12,34,38H,3-4,9,13-14,33H2,1-2H3,(H,35,37)/t26-,27?/m1/s1. The third-order valence-corrected chi connectivity index (χ3v) is 7.21. The van der Waals surface area contributed by atoms with E-state index < -0.39 is 41.3 Å². The van der Waals surface area contributed by atoms with Crippen LogP contribution in [0.3, 0.4) is 0 Å². The molecule has 40 heavy (non-hydrogen) atoms. The van der Waals surface area contributed by atoms with Crippen molar-refractivity contribution in [3.63, 3.8) is 0 Å². The summed E-state index contributed by atoms with van der Waals surface area (Å²) in [6.45, 7) is 1.03. The van der Waals surface area contributed by atoms with Gasteiger partial charge in [0.15, 0.2) is 5.75 Å². The number of anilines is 1. The summed E-state index contributed by atoms with van der Waals surface area (Å²) in [7, 11) is 1.43. The summed E-state index contributed by atoms with van der Waals surface area (Å²) < 4.78 is 68.2. The summed E-state index contributed by atoms with van der Waals surface area (Å²) in [6.07, 6.45) is -3.76. The topological polar surface area (TPSA) is 119 Å². The van der Waals surface area contributed by atoms with E-state index in [1.165, 1.54) is 25.3 Å². The van der Waals surface area contributed by atoms with Crippen molar-refractivity contribution in [3.8, 4) is 22.8 Å². The Morgan fingerprint density at radius 1 is 1.25 bits per heavy atom. The molecule has 0 spiro atoms. The third-order valence-electron chi connectivity index (χ3n) is 7.21. The highest BCUT2D eigenvalue weighted by molar-refractivity contribution is 5.96. The van der Waals surface area contributed by atoms with E-state index in [1.54, 1.807) is 13.0 Å². The number of aryl methyl sites for hydroxylation is 1. The van der Waals surface area contributed by atoms with Crippen LogP contribution in [0.2, 0.25) is 0 Å². The molecule has 12 heteroatoms. The Balaban J connectivity index is 1.53. The average Bonchev–Trinajstić information content (AvgIpc) is 3.24. The number of aliphatic hydroxyl groups is 1. The van der Waals surface area contributed by atoms with Gasteiger partial charge in [0.05, 0.1) is 30.6 Å². The molecule has 2 aliphatic rings. The Bertz CT molecular complexity index is 1440. The Hall–Kier alpha value is -3.90. The number of fused-ring (bicyclic) bond motifs is 2. The first kappa shape index (κ1) is 27.7. The third kappa shape index (κ3) is 4.81.